The van der Waals surface area contributed by atoms with E-state index in [1.165, 1.54) is 6.07 Å². The number of carbonyl (C=O) groups excluding carboxylic acids is 1. The molecule has 0 aliphatic carbocycles. The van der Waals surface area contributed by atoms with Gasteiger partial charge in [-0.25, -0.2) is 9.18 Å². The normalized spacial score (nSPS) is 15.5. The molecule has 0 aromatic heterocycles. The highest BCUT2D eigenvalue weighted by atomic mass is 19.1. The SMILES string of the molecule is CN=C(NCCNC(=O)OC(C)(C)C)N1CCN(c2ccccc2F)CC1. The summed E-state index contributed by atoms with van der Waals surface area (Å²) in [5.74, 6) is 0.579. The van der Waals surface area contributed by atoms with Crippen LogP contribution in [0.2, 0.25) is 0 Å². The molecule has 2 N–H and O–H groups in total. The molecule has 1 fully saturated rings. The number of anilines is 1. The molecule has 0 unspecified atom stereocenters. The fourth-order valence-corrected chi connectivity index (χ4v) is 2.85. The average molecular weight is 379 g/mol. The number of nitrogens with one attached hydrogen (secondary N) is 2. The Balaban J connectivity index is 1.74. The first-order valence-electron chi connectivity index (χ1n) is 9.22. The maximum Gasteiger partial charge on any atom is 0.407 e. The minimum atomic E-state index is -0.508. The van der Waals surface area contributed by atoms with Crippen LogP contribution in [-0.4, -0.2) is 68.9 Å². The van der Waals surface area contributed by atoms with Crippen LogP contribution in [0.1, 0.15) is 20.8 Å². The van der Waals surface area contributed by atoms with Crippen molar-refractivity contribution < 1.29 is 13.9 Å². The molecule has 7 nitrogen and oxygen atoms in total. The van der Waals surface area contributed by atoms with Crippen LogP contribution >= 0.6 is 0 Å². The molecule has 1 heterocycles. The zero-order valence-electron chi connectivity index (χ0n) is 16.6. The van der Waals surface area contributed by atoms with Gasteiger partial charge in [0.15, 0.2) is 5.96 Å². The highest BCUT2D eigenvalue weighted by molar-refractivity contribution is 5.80. The summed E-state index contributed by atoms with van der Waals surface area (Å²) in [5, 5.41) is 5.95. The molecule has 0 atom stereocenters. The maximum atomic E-state index is 13.9. The van der Waals surface area contributed by atoms with Crippen LogP contribution in [0.25, 0.3) is 0 Å². The lowest BCUT2D eigenvalue weighted by Crippen LogP contribution is -2.53. The summed E-state index contributed by atoms with van der Waals surface area (Å²) in [5.41, 5.74) is 0.132. The molecule has 8 heteroatoms. The molecule has 1 aromatic rings. The van der Waals surface area contributed by atoms with E-state index in [1.54, 1.807) is 19.2 Å². The molecular weight excluding hydrogens is 349 g/mol. The molecule has 1 saturated heterocycles. The van der Waals surface area contributed by atoms with Gasteiger partial charge < -0.3 is 25.2 Å². The molecule has 0 spiro atoms. The third kappa shape index (κ3) is 6.62. The first kappa shape index (κ1) is 20.8. The number of hydrogen-bond acceptors (Lipinski definition) is 4. The van der Waals surface area contributed by atoms with E-state index in [9.17, 15) is 9.18 Å². The Labute approximate surface area is 160 Å². The lowest BCUT2D eigenvalue weighted by atomic mass is 10.2. The van der Waals surface area contributed by atoms with Crippen molar-refractivity contribution in [2.24, 2.45) is 4.99 Å². The van der Waals surface area contributed by atoms with Crippen LogP contribution in [0.15, 0.2) is 29.3 Å². The predicted octanol–water partition coefficient (Wildman–Crippen LogP) is 2.05. The predicted molar refractivity (Wildman–Crippen MR) is 106 cm³/mol. The van der Waals surface area contributed by atoms with Crippen LogP contribution in [0.5, 0.6) is 0 Å². The first-order valence-corrected chi connectivity index (χ1v) is 9.22. The summed E-state index contributed by atoms with van der Waals surface area (Å²) in [6, 6.07) is 6.84. The van der Waals surface area contributed by atoms with Crippen molar-refractivity contribution in [3.63, 3.8) is 0 Å². The largest absolute Gasteiger partial charge is 0.444 e. The van der Waals surface area contributed by atoms with Crippen LogP contribution in [0.4, 0.5) is 14.9 Å². The van der Waals surface area contributed by atoms with Gasteiger partial charge in [-0.05, 0) is 32.9 Å². The minimum absolute atomic E-state index is 0.193. The Kier molecular flexibility index (Phi) is 7.27. The Morgan fingerprint density at radius 3 is 2.37 bits per heavy atom. The number of guanidine groups is 1. The van der Waals surface area contributed by atoms with Crippen LogP contribution < -0.4 is 15.5 Å². The lowest BCUT2D eigenvalue weighted by molar-refractivity contribution is 0.0529. The number of rotatable bonds is 4. The van der Waals surface area contributed by atoms with Gasteiger partial charge in [-0.3, -0.25) is 4.99 Å². The highest BCUT2D eigenvalue weighted by Gasteiger charge is 2.21. The third-order valence-corrected chi connectivity index (χ3v) is 4.06. The van der Waals surface area contributed by atoms with Crippen LogP contribution in [0.3, 0.4) is 0 Å². The van der Waals surface area contributed by atoms with Gasteiger partial charge in [-0.2, -0.15) is 0 Å². The van der Waals surface area contributed by atoms with Crippen LogP contribution in [0, 0.1) is 5.82 Å². The maximum absolute atomic E-state index is 13.9. The zero-order chi connectivity index (χ0) is 19.9. The molecular formula is C19H30FN5O2. The van der Waals surface area contributed by atoms with E-state index in [2.05, 4.69) is 20.5 Å². The Bertz CT molecular complexity index is 652. The molecule has 1 aliphatic rings. The van der Waals surface area contributed by atoms with E-state index < -0.39 is 11.7 Å². The zero-order valence-corrected chi connectivity index (χ0v) is 16.6. The van der Waals surface area contributed by atoms with Crippen molar-refractivity contribution >= 4 is 17.7 Å². The fourth-order valence-electron chi connectivity index (χ4n) is 2.85. The smallest absolute Gasteiger partial charge is 0.407 e. The Morgan fingerprint density at radius 2 is 1.78 bits per heavy atom. The van der Waals surface area contributed by atoms with Crippen molar-refractivity contribution in [3.05, 3.63) is 30.1 Å². The van der Waals surface area contributed by atoms with Gasteiger partial charge in [0.05, 0.1) is 5.69 Å². The standard InChI is InChI=1S/C19H30FN5O2/c1-19(2,3)27-18(26)23-10-9-22-17(21-4)25-13-11-24(12-14-25)16-8-6-5-7-15(16)20/h5-8H,9-14H2,1-4H3,(H,21,22)(H,23,26). The van der Waals surface area contributed by atoms with E-state index in [1.807, 2.05) is 31.7 Å². The Hall–Kier alpha value is -2.51. The number of nitrogens with zero attached hydrogens (tertiary/aromatic N) is 3. The molecule has 0 bridgehead atoms. The summed E-state index contributed by atoms with van der Waals surface area (Å²) in [6.07, 6.45) is -0.433. The summed E-state index contributed by atoms with van der Waals surface area (Å²) in [6.45, 7) is 9.38. The molecule has 27 heavy (non-hydrogen) atoms. The molecule has 1 amide bonds. The third-order valence-electron chi connectivity index (χ3n) is 4.06. The quantitative estimate of drug-likeness (QED) is 0.476. The number of alkyl carbamates (subject to hydrolysis) is 1. The van der Waals surface area contributed by atoms with E-state index in [-0.39, 0.29) is 5.82 Å². The fraction of sp³-hybridized carbons (Fsp3) is 0.579. The first-order chi connectivity index (χ1) is 12.8. The lowest BCUT2D eigenvalue weighted by Gasteiger charge is -2.37. The van der Waals surface area contributed by atoms with E-state index >= 15 is 0 Å². The van der Waals surface area contributed by atoms with Crippen molar-refractivity contribution in [2.45, 2.75) is 26.4 Å². The second-order valence-electron chi connectivity index (χ2n) is 7.33. The Morgan fingerprint density at radius 1 is 1.15 bits per heavy atom. The molecule has 2 rings (SSSR count). The summed E-state index contributed by atoms with van der Waals surface area (Å²) in [7, 11) is 1.73. The summed E-state index contributed by atoms with van der Waals surface area (Å²) in [4.78, 5) is 20.1. The number of piperazine rings is 1. The topological polar surface area (TPSA) is 69.2 Å². The van der Waals surface area contributed by atoms with E-state index in [4.69, 9.17) is 4.74 Å². The molecule has 0 saturated carbocycles. The number of hydrogen-bond donors (Lipinski definition) is 2. The number of halogens is 1. The number of benzene rings is 1. The van der Waals surface area contributed by atoms with Crippen LogP contribution in [-0.2, 0) is 4.74 Å². The van der Waals surface area contributed by atoms with E-state index in [0.29, 0.717) is 18.8 Å². The second kappa shape index (κ2) is 9.43. The molecule has 1 aliphatic heterocycles. The van der Waals surface area contributed by atoms with Gasteiger partial charge in [0.2, 0.25) is 0 Å². The van der Waals surface area contributed by atoms with Gasteiger partial charge in [0.25, 0.3) is 0 Å². The number of aliphatic imine (C=N–C) groups is 1. The minimum Gasteiger partial charge on any atom is -0.444 e. The number of ether oxygens (including phenoxy) is 1. The van der Waals surface area contributed by atoms with Gasteiger partial charge in [-0.15, -0.1) is 0 Å². The van der Waals surface area contributed by atoms with Gasteiger partial charge in [0, 0.05) is 46.3 Å². The van der Waals surface area contributed by atoms with Crippen molar-refractivity contribution in [3.8, 4) is 0 Å². The molecule has 0 radical (unpaired) electrons. The molecule has 150 valence electrons. The highest BCUT2D eigenvalue weighted by Crippen LogP contribution is 2.20. The second-order valence-corrected chi connectivity index (χ2v) is 7.33. The number of para-hydroxylation sites is 1. The summed E-state index contributed by atoms with van der Waals surface area (Å²) >= 11 is 0. The van der Waals surface area contributed by atoms with Gasteiger partial charge in [0.1, 0.15) is 11.4 Å². The average Bonchev–Trinajstić information content (AvgIpc) is 2.61. The van der Waals surface area contributed by atoms with E-state index in [0.717, 1.165) is 32.1 Å². The van der Waals surface area contributed by atoms with Gasteiger partial charge >= 0.3 is 6.09 Å². The van der Waals surface area contributed by atoms with Gasteiger partial charge in [-0.1, -0.05) is 12.1 Å². The summed E-state index contributed by atoms with van der Waals surface area (Å²) < 4.78 is 19.1. The van der Waals surface area contributed by atoms with Crippen molar-refractivity contribution in [1.82, 2.24) is 15.5 Å². The number of carbonyl (C=O) groups is 1. The monoisotopic (exact) mass is 379 g/mol. The number of amides is 1. The van der Waals surface area contributed by atoms with Crippen molar-refractivity contribution in [2.75, 3.05) is 51.2 Å². The van der Waals surface area contributed by atoms with Crippen molar-refractivity contribution in [1.29, 1.82) is 0 Å². The molecule has 1 aromatic carbocycles.